The number of benzene rings is 2. The maximum atomic E-state index is 10.8. The highest BCUT2D eigenvalue weighted by Crippen LogP contribution is 2.23. The van der Waals surface area contributed by atoms with E-state index in [-0.39, 0.29) is 5.69 Å². The molecule has 0 heterocycles. The lowest BCUT2D eigenvalue weighted by Gasteiger charge is -2.17. The van der Waals surface area contributed by atoms with Crippen molar-refractivity contribution in [3.05, 3.63) is 73.8 Å². The van der Waals surface area contributed by atoms with E-state index in [0.717, 1.165) is 11.1 Å². The Morgan fingerprint density at radius 1 is 1.10 bits per heavy atom. The van der Waals surface area contributed by atoms with Crippen molar-refractivity contribution in [2.45, 2.75) is 13.1 Å². The normalized spacial score (nSPS) is 10.9. The van der Waals surface area contributed by atoms with E-state index in [1.54, 1.807) is 6.07 Å². The summed E-state index contributed by atoms with van der Waals surface area (Å²) in [5.74, 6) is 0. The first kappa shape index (κ1) is 15.8. The van der Waals surface area contributed by atoms with Crippen LogP contribution in [0.15, 0.2) is 42.5 Å². The lowest BCUT2D eigenvalue weighted by molar-refractivity contribution is -0.384. The topological polar surface area (TPSA) is 46.4 Å². The number of rotatable bonds is 5. The molecule has 110 valence electrons. The molecule has 0 radical (unpaired) electrons. The lowest BCUT2D eigenvalue weighted by Crippen LogP contribution is -2.17. The summed E-state index contributed by atoms with van der Waals surface area (Å²) in [5.41, 5.74) is 1.90. The Bertz CT molecular complexity index is 645. The Hall–Kier alpha value is -1.62. The summed E-state index contributed by atoms with van der Waals surface area (Å²) in [6.45, 7) is 1.24. The molecule has 0 amide bonds. The second kappa shape index (κ2) is 6.89. The third-order valence-electron chi connectivity index (χ3n) is 3.05. The van der Waals surface area contributed by atoms with Crippen LogP contribution >= 0.6 is 23.2 Å². The molecule has 0 N–H and O–H groups in total. The van der Waals surface area contributed by atoms with E-state index >= 15 is 0 Å². The highest BCUT2D eigenvalue weighted by atomic mass is 35.5. The minimum atomic E-state index is -0.418. The number of nitro groups is 1. The van der Waals surface area contributed by atoms with Gasteiger partial charge in [0.2, 0.25) is 0 Å². The van der Waals surface area contributed by atoms with Gasteiger partial charge < -0.3 is 0 Å². The second-order valence-electron chi connectivity index (χ2n) is 4.83. The maximum Gasteiger partial charge on any atom is 0.269 e. The number of hydrogen-bond donors (Lipinski definition) is 0. The van der Waals surface area contributed by atoms with Crippen LogP contribution in [0.25, 0.3) is 0 Å². The van der Waals surface area contributed by atoms with Crippen LogP contribution < -0.4 is 0 Å². The molecule has 0 bridgehead atoms. The van der Waals surface area contributed by atoms with Crippen LogP contribution in [0.2, 0.25) is 10.0 Å². The zero-order valence-corrected chi connectivity index (χ0v) is 12.9. The standard InChI is InChI=1S/C15H14Cl2N2O2/c1-18(9-11-2-4-13(16)5-3-11)10-12-8-14(19(20)21)6-7-15(12)17/h2-8H,9-10H2,1H3. The Labute approximate surface area is 133 Å². The Morgan fingerprint density at radius 3 is 2.38 bits per heavy atom. The first-order valence-corrected chi connectivity index (χ1v) is 7.07. The van der Waals surface area contributed by atoms with Gasteiger partial charge in [-0.1, -0.05) is 35.3 Å². The van der Waals surface area contributed by atoms with E-state index < -0.39 is 4.92 Å². The van der Waals surface area contributed by atoms with Gasteiger partial charge in [-0.2, -0.15) is 0 Å². The molecule has 21 heavy (non-hydrogen) atoms. The zero-order valence-electron chi connectivity index (χ0n) is 11.4. The van der Waals surface area contributed by atoms with Crippen molar-refractivity contribution >= 4 is 28.9 Å². The van der Waals surface area contributed by atoms with Gasteiger partial charge in [0.05, 0.1) is 4.92 Å². The molecule has 0 aliphatic rings. The molecule has 0 aromatic heterocycles. The van der Waals surface area contributed by atoms with Gasteiger partial charge in [0.15, 0.2) is 0 Å². The highest BCUT2D eigenvalue weighted by Gasteiger charge is 2.11. The smallest absolute Gasteiger partial charge is 0.269 e. The van der Waals surface area contributed by atoms with Crippen LogP contribution in [0.1, 0.15) is 11.1 Å². The van der Waals surface area contributed by atoms with Gasteiger partial charge in [0.1, 0.15) is 0 Å². The highest BCUT2D eigenvalue weighted by molar-refractivity contribution is 6.31. The molecule has 0 saturated heterocycles. The van der Waals surface area contributed by atoms with Gasteiger partial charge in [-0.15, -0.1) is 0 Å². The van der Waals surface area contributed by atoms with Crippen molar-refractivity contribution in [1.82, 2.24) is 4.90 Å². The summed E-state index contributed by atoms with van der Waals surface area (Å²) in [6.07, 6.45) is 0. The van der Waals surface area contributed by atoms with Crippen molar-refractivity contribution < 1.29 is 4.92 Å². The number of nitrogens with zero attached hydrogens (tertiary/aromatic N) is 2. The van der Waals surface area contributed by atoms with E-state index in [9.17, 15) is 10.1 Å². The van der Waals surface area contributed by atoms with Crippen molar-refractivity contribution in [2.24, 2.45) is 0 Å². The Kier molecular flexibility index (Phi) is 5.17. The second-order valence-corrected chi connectivity index (χ2v) is 5.68. The summed E-state index contributed by atoms with van der Waals surface area (Å²) in [6, 6.07) is 12.1. The largest absolute Gasteiger partial charge is 0.298 e. The Morgan fingerprint density at radius 2 is 1.76 bits per heavy atom. The van der Waals surface area contributed by atoms with E-state index in [1.807, 2.05) is 36.2 Å². The van der Waals surface area contributed by atoms with Gasteiger partial charge in [0.25, 0.3) is 5.69 Å². The molecule has 0 aliphatic carbocycles. The van der Waals surface area contributed by atoms with Crippen molar-refractivity contribution in [3.8, 4) is 0 Å². The molecule has 0 saturated carbocycles. The first-order chi connectivity index (χ1) is 9.95. The molecule has 0 aliphatic heterocycles. The number of non-ortho nitro benzene ring substituents is 1. The van der Waals surface area contributed by atoms with Gasteiger partial charge in [0, 0.05) is 35.3 Å². The molecular formula is C15H14Cl2N2O2. The fourth-order valence-corrected chi connectivity index (χ4v) is 2.35. The average molecular weight is 325 g/mol. The average Bonchev–Trinajstić information content (AvgIpc) is 2.43. The summed E-state index contributed by atoms with van der Waals surface area (Å²) >= 11 is 12.0. The van der Waals surface area contributed by atoms with E-state index in [4.69, 9.17) is 23.2 Å². The van der Waals surface area contributed by atoms with Gasteiger partial charge in [-0.25, -0.2) is 0 Å². The lowest BCUT2D eigenvalue weighted by atomic mass is 10.1. The molecule has 2 aromatic carbocycles. The minimum Gasteiger partial charge on any atom is -0.298 e. The predicted octanol–water partition coefficient (Wildman–Crippen LogP) is 4.53. The molecule has 0 atom stereocenters. The van der Waals surface area contributed by atoms with Crippen LogP contribution in [0.4, 0.5) is 5.69 Å². The van der Waals surface area contributed by atoms with E-state index in [2.05, 4.69) is 0 Å². The molecule has 2 aromatic rings. The third-order valence-corrected chi connectivity index (χ3v) is 3.67. The van der Waals surface area contributed by atoms with Crippen LogP contribution in [0, 0.1) is 10.1 Å². The van der Waals surface area contributed by atoms with Crippen LogP contribution in [-0.2, 0) is 13.1 Å². The number of halogens is 2. The fraction of sp³-hybridized carbons (Fsp3) is 0.200. The third kappa shape index (κ3) is 4.43. The van der Waals surface area contributed by atoms with Crippen molar-refractivity contribution in [3.63, 3.8) is 0 Å². The summed E-state index contributed by atoms with van der Waals surface area (Å²) in [7, 11) is 1.93. The summed E-state index contributed by atoms with van der Waals surface area (Å²) in [5, 5.41) is 12.0. The van der Waals surface area contributed by atoms with Crippen LogP contribution in [0.5, 0.6) is 0 Å². The SMILES string of the molecule is CN(Cc1ccc(Cl)cc1)Cc1cc([N+](=O)[O-])ccc1Cl. The van der Waals surface area contributed by atoms with Crippen molar-refractivity contribution in [1.29, 1.82) is 0 Å². The predicted molar refractivity (Wildman–Crippen MR) is 84.7 cm³/mol. The monoisotopic (exact) mass is 324 g/mol. The minimum absolute atomic E-state index is 0.0503. The zero-order chi connectivity index (χ0) is 15.4. The van der Waals surface area contributed by atoms with E-state index in [0.29, 0.717) is 23.1 Å². The summed E-state index contributed by atoms with van der Waals surface area (Å²) in [4.78, 5) is 12.4. The van der Waals surface area contributed by atoms with Gasteiger partial charge in [-0.05, 0) is 36.4 Å². The maximum absolute atomic E-state index is 10.8. The Balaban J connectivity index is 2.08. The quantitative estimate of drug-likeness (QED) is 0.599. The molecule has 4 nitrogen and oxygen atoms in total. The van der Waals surface area contributed by atoms with E-state index in [1.165, 1.54) is 12.1 Å². The van der Waals surface area contributed by atoms with Crippen LogP contribution in [-0.4, -0.2) is 16.9 Å². The number of nitro benzene ring substituents is 1. The molecule has 2 rings (SSSR count). The first-order valence-electron chi connectivity index (χ1n) is 6.31. The molecule has 0 fully saturated rings. The summed E-state index contributed by atoms with van der Waals surface area (Å²) < 4.78 is 0. The molecular weight excluding hydrogens is 311 g/mol. The van der Waals surface area contributed by atoms with Crippen molar-refractivity contribution in [2.75, 3.05) is 7.05 Å². The fourth-order valence-electron chi connectivity index (χ4n) is 2.04. The molecule has 0 unspecified atom stereocenters. The number of hydrogen-bond acceptors (Lipinski definition) is 3. The van der Waals surface area contributed by atoms with Gasteiger partial charge in [-0.3, -0.25) is 15.0 Å². The molecule has 0 spiro atoms. The molecule has 6 heteroatoms. The van der Waals surface area contributed by atoms with Crippen LogP contribution in [0.3, 0.4) is 0 Å². The van der Waals surface area contributed by atoms with Gasteiger partial charge >= 0.3 is 0 Å².